The summed E-state index contributed by atoms with van der Waals surface area (Å²) >= 11 is 3.53. The molecule has 3 aromatic rings. The molecular weight excluding hydrogens is 324 g/mol. The summed E-state index contributed by atoms with van der Waals surface area (Å²) in [4.78, 5) is 0. The number of halogens is 1. The van der Waals surface area contributed by atoms with E-state index in [-0.39, 0.29) is 0 Å². The largest absolute Gasteiger partial charge is 0.488 e. The second-order valence-electron chi connectivity index (χ2n) is 5.23. The minimum absolute atomic E-state index is 0.593. The third kappa shape index (κ3) is 3.27. The minimum atomic E-state index is 0.593. The lowest BCUT2D eigenvalue weighted by Crippen LogP contribution is -1.97. The Hall–Kier alpha value is -1.80. The quantitative estimate of drug-likeness (QED) is 0.560. The Morgan fingerprint density at radius 1 is 0.905 bits per heavy atom. The Labute approximate surface area is 133 Å². The van der Waals surface area contributed by atoms with E-state index < -0.39 is 0 Å². The maximum Gasteiger partial charge on any atom is 0.127 e. The summed E-state index contributed by atoms with van der Waals surface area (Å²) < 4.78 is 6.08. The first-order valence-electron chi connectivity index (χ1n) is 7.02. The van der Waals surface area contributed by atoms with Crippen molar-refractivity contribution < 1.29 is 4.74 Å². The van der Waals surface area contributed by atoms with Crippen LogP contribution >= 0.6 is 15.9 Å². The molecule has 0 saturated heterocycles. The van der Waals surface area contributed by atoms with Crippen molar-refractivity contribution in [2.45, 2.75) is 18.9 Å². The number of fused-ring (bicyclic) bond motifs is 1. The number of benzene rings is 3. The molecule has 0 unspecified atom stereocenters. The lowest BCUT2D eigenvalue weighted by atomic mass is 10.0. The van der Waals surface area contributed by atoms with Crippen LogP contribution in [0.1, 0.15) is 16.7 Å². The highest BCUT2D eigenvalue weighted by Crippen LogP contribution is 2.30. The molecule has 0 atom stereocenters. The predicted molar refractivity (Wildman–Crippen MR) is 92.1 cm³/mol. The van der Waals surface area contributed by atoms with Crippen molar-refractivity contribution in [2.24, 2.45) is 0 Å². The lowest BCUT2D eigenvalue weighted by Gasteiger charge is -2.12. The van der Waals surface area contributed by atoms with Gasteiger partial charge in [0, 0.05) is 10.7 Å². The molecule has 0 bridgehead atoms. The number of ether oxygens (including phenoxy) is 1. The highest BCUT2D eigenvalue weighted by atomic mass is 79.9. The molecule has 0 aromatic heterocycles. The molecular formula is C19H17BrO. The van der Waals surface area contributed by atoms with Gasteiger partial charge in [-0.15, -0.1) is 0 Å². The van der Waals surface area contributed by atoms with Gasteiger partial charge in [-0.2, -0.15) is 0 Å². The lowest BCUT2D eigenvalue weighted by molar-refractivity contribution is 0.310. The van der Waals surface area contributed by atoms with Gasteiger partial charge in [0.25, 0.3) is 0 Å². The molecule has 3 rings (SSSR count). The van der Waals surface area contributed by atoms with Gasteiger partial charge in [0.15, 0.2) is 0 Å². The molecule has 0 aliphatic heterocycles. The van der Waals surface area contributed by atoms with E-state index in [1.54, 1.807) is 0 Å². The van der Waals surface area contributed by atoms with Crippen molar-refractivity contribution in [3.63, 3.8) is 0 Å². The molecule has 0 radical (unpaired) electrons. The maximum absolute atomic E-state index is 6.08. The van der Waals surface area contributed by atoms with E-state index in [9.17, 15) is 0 Å². The van der Waals surface area contributed by atoms with Crippen LogP contribution in [-0.4, -0.2) is 0 Å². The molecule has 1 nitrogen and oxygen atoms in total. The van der Waals surface area contributed by atoms with Crippen LogP contribution in [0.4, 0.5) is 0 Å². The van der Waals surface area contributed by atoms with Crippen LogP contribution in [0.15, 0.2) is 60.7 Å². The number of hydrogen-bond donors (Lipinski definition) is 0. The van der Waals surface area contributed by atoms with Gasteiger partial charge in [0.2, 0.25) is 0 Å². The van der Waals surface area contributed by atoms with Crippen molar-refractivity contribution in [3.05, 3.63) is 77.4 Å². The van der Waals surface area contributed by atoms with E-state index >= 15 is 0 Å². The molecule has 0 aliphatic rings. The molecule has 0 fully saturated rings. The molecule has 0 heterocycles. The van der Waals surface area contributed by atoms with Crippen LogP contribution in [0.5, 0.6) is 5.75 Å². The number of alkyl halides is 1. The van der Waals surface area contributed by atoms with Crippen LogP contribution in [0.2, 0.25) is 0 Å². The van der Waals surface area contributed by atoms with Gasteiger partial charge in [-0.3, -0.25) is 0 Å². The van der Waals surface area contributed by atoms with E-state index in [0.29, 0.717) is 6.61 Å². The number of rotatable bonds is 4. The monoisotopic (exact) mass is 340 g/mol. The molecule has 106 valence electrons. The van der Waals surface area contributed by atoms with Crippen LogP contribution < -0.4 is 4.74 Å². The smallest absolute Gasteiger partial charge is 0.127 e. The zero-order chi connectivity index (χ0) is 14.7. The van der Waals surface area contributed by atoms with Gasteiger partial charge in [-0.1, -0.05) is 70.0 Å². The van der Waals surface area contributed by atoms with Gasteiger partial charge < -0.3 is 4.74 Å². The SMILES string of the molecule is Cc1ccc2cc(CBr)cc(OCc3ccccc3)c2c1. The van der Waals surface area contributed by atoms with Gasteiger partial charge in [0.05, 0.1) is 0 Å². The third-order valence-corrected chi connectivity index (χ3v) is 4.17. The van der Waals surface area contributed by atoms with E-state index in [4.69, 9.17) is 4.74 Å². The van der Waals surface area contributed by atoms with Crippen molar-refractivity contribution in [1.82, 2.24) is 0 Å². The topological polar surface area (TPSA) is 9.23 Å². The highest BCUT2D eigenvalue weighted by Gasteiger charge is 2.06. The average molecular weight is 341 g/mol. The first-order chi connectivity index (χ1) is 10.3. The summed E-state index contributed by atoms with van der Waals surface area (Å²) in [6.45, 7) is 2.70. The Morgan fingerprint density at radius 3 is 2.48 bits per heavy atom. The molecule has 0 amide bonds. The highest BCUT2D eigenvalue weighted by molar-refractivity contribution is 9.08. The van der Waals surface area contributed by atoms with Crippen LogP contribution in [0, 0.1) is 6.92 Å². The first kappa shape index (κ1) is 14.2. The molecule has 0 saturated carbocycles. The van der Waals surface area contributed by atoms with Crippen molar-refractivity contribution in [3.8, 4) is 5.75 Å². The Balaban J connectivity index is 1.97. The van der Waals surface area contributed by atoms with E-state index in [1.165, 1.54) is 27.5 Å². The van der Waals surface area contributed by atoms with Crippen LogP contribution in [0.3, 0.4) is 0 Å². The van der Waals surface area contributed by atoms with Gasteiger partial charge in [-0.25, -0.2) is 0 Å². The van der Waals surface area contributed by atoms with E-state index in [0.717, 1.165) is 11.1 Å². The third-order valence-electron chi connectivity index (χ3n) is 3.52. The molecule has 0 N–H and O–H groups in total. The Bertz CT molecular complexity index is 750. The standard InChI is InChI=1S/C19H17BrO/c1-14-7-8-17-10-16(12-20)11-19(18(17)9-14)21-13-15-5-3-2-4-6-15/h2-11H,12-13H2,1H3. The second kappa shape index (κ2) is 6.31. The molecule has 0 spiro atoms. The van der Waals surface area contributed by atoms with E-state index in [1.807, 2.05) is 18.2 Å². The van der Waals surface area contributed by atoms with Gasteiger partial charge in [0.1, 0.15) is 12.4 Å². The summed E-state index contributed by atoms with van der Waals surface area (Å²) in [6, 6.07) is 21.1. The summed E-state index contributed by atoms with van der Waals surface area (Å²) in [5.74, 6) is 0.953. The fourth-order valence-corrected chi connectivity index (χ4v) is 2.75. The van der Waals surface area contributed by atoms with E-state index in [2.05, 4.69) is 65.3 Å². The average Bonchev–Trinajstić information content (AvgIpc) is 2.53. The van der Waals surface area contributed by atoms with Gasteiger partial charge >= 0.3 is 0 Å². The van der Waals surface area contributed by atoms with Gasteiger partial charge in [-0.05, 0) is 35.6 Å². The van der Waals surface area contributed by atoms with Crippen molar-refractivity contribution in [1.29, 1.82) is 0 Å². The zero-order valence-electron chi connectivity index (χ0n) is 12.0. The number of aryl methyl sites for hydroxylation is 1. The summed E-state index contributed by atoms with van der Waals surface area (Å²) in [7, 11) is 0. The fraction of sp³-hybridized carbons (Fsp3) is 0.158. The summed E-state index contributed by atoms with van der Waals surface area (Å²) in [6.07, 6.45) is 0. The molecule has 3 aromatic carbocycles. The zero-order valence-corrected chi connectivity index (χ0v) is 13.6. The van der Waals surface area contributed by atoms with Crippen molar-refractivity contribution >= 4 is 26.7 Å². The summed E-state index contributed by atoms with van der Waals surface area (Å²) in [5.41, 5.74) is 3.66. The maximum atomic E-state index is 6.08. The van der Waals surface area contributed by atoms with Crippen molar-refractivity contribution in [2.75, 3.05) is 0 Å². The minimum Gasteiger partial charge on any atom is -0.488 e. The number of hydrogen-bond acceptors (Lipinski definition) is 1. The predicted octanol–water partition coefficient (Wildman–Crippen LogP) is 5.62. The van der Waals surface area contributed by atoms with Crippen LogP contribution in [0.25, 0.3) is 10.8 Å². The summed E-state index contributed by atoms with van der Waals surface area (Å²) in [5, 5.41) is 3.23. The Kier molecular flexibility index (Phi) is 4.26. The first-order valence-corrected chi connectivity index (χ1v) is 8.14. The molecule has 21 heavy (non-hydrogen) atoms. The normalized spacial score (nSPS) is 10.8. The Morgan fingerprint density at radius 2 is 1.71 bits per heavy atom. The molecule has 2 heteroatoms. The second-order valence-corrected chi connectivity index (χ2v) is 5.79. The van der Waals surface area contributed by atoms with Crippen LogP contribution in [-0.2, 0) is 11.9 Å². The fourth-order valence-electron chi connectivity index (χ4n) is 2.43. The molecule has 0 aliphatic carbocycles.